The number of carbonyl (C=O) groups excluding carboxylic acids is 1. The number of ketones is 1. The molecule has 0 bridgehead atoms. The molecule has 1 aliphatic rings. The Morgan fingerprint density at radius 2 is 2.00 bits per heavy atom. The predicted molar refractivity (Wildman–Crippen MR) is 75.2 cm³/mol. The van der Waals surface area contributed by atoms with E-state index in [0.717, 1.165) is 12.8 Å². The molecule has 1 N–H and O–H groups in total. The number of hydrogen-bond donors (Lipinski definition) is 1. The summed E-state index contributed by atoms with van der Waals surface area (Å²) >= 11 is 0. The third-order valence-electron chi connectivity index (χ3n) is 3.43. The average Bonchev–Trinajstić information content (AvgIpc) is 2.92. The molecule has 0 unspecified atom stereocenters. The number of carbonyl (C=O) groups is 1. The molecule has 0 radical (unpaired) electrons. The lowest BCUT2D eigenvalue weighted by atomic mass is 10.1. The molecule has 1 heterocycles. The summed E-state index contributed by atoms with van der Waals surface area (Å²) in [4.78, 5) is 11.3. The van der Waals surface area contributed by atoms with Gasteiger partial charge in [0.05, 0.1) is 11.0 Å². The number of sulfonamides is 1. The lowest BCUT2D eigenvalue weighted by Crippen LogP contribution is -2.40. The third kappa shape index (κ3) is 3.45. The van der Waals surface area contributed by atoms with Gasteiger partial charge in [-0.05, 0) is 38.8 Å². The molecule has 0 saturated carbocycles. The van der Waals surface area contributed by atoms with Gasteiger partial charge in [0, 0.05) is 18.2 Å². The van der Waals surface area contributed by atoms with Gasteiger partial charge < -0.3 is 4.74 Å². The van der Waals surface area contributed by atoms with E-state index in [1.165, 1.54) is 31.2 Å². The number of nitrogens with one attached hydrogen (secondary N) is 1. The van der Waals surface area contributed by atoms with Gasteiger partial charge in [-0.2, -0.15) is 0 Å². The first-order chi connectivity index (χ1) is 9.40. The van der Waals surface area contributed by atoms with Crippen molar-refractivity contribution in [2.24, 2.45) is 0 Å². The first kappa shape index (κ1) is 15.2. The van der Waals surface area contributed by atoms with Crippen LogP contribution in [0, 0.1) is 0 Å². The molecule has 1 fully saturated rings. The zero-order valence-electron chi connectivity index (χ0n) is 11.6. The summed E-state index contributed by atoms with van der Waals surface area (Å²) in [6.07, 6.45) is 1.76. The molecule has 20 heavy (non-hydrogen) atoms. The predicted octanol–water partition coefficient (Wildman–Crippen LogP) is 1.74. The fraction of sp³-hybridized carbons (Fsp3) is 0.500. The van der Waals surface area contributed by atoms with E-state index < -0.39 is 10.0 Å². The topological polar surface area (TPSA) is 72.5 Å². The summed E-state index contributed by atoms with van der Waals surface area (Å²) in [6.45, 7) is 3.93. The van der Waals surface area contributed by atoms with Crippen LogP contribution in [0.1, 0.15) is 37.0 Å². The van der Waals surface area contributed by atoms with E-state index in [4.69, 9.17) is 4.74 Å². The van der Waals surface area contributed by atoms with E-state index in [0.29, 0.717) is 12.2 Å². The van der Waals surface area contributed by atoms with Crippen LogP contribution in [0.25, 0.3) is 0 Å². The monoisotopic (exact) mass is 297 g/mol. The quantitative estimate of drug-likeness (QED) is 0.840. The normalized spacial score (nSPS) is 20.8. The first-order valence-electron chi connectivity index (χ1n) is 6.65. The van der Waals surface area contributed by atoms with Crippen molar-refractivity contribution < 1.29 is 17.9 Å². The largest absolute Gasteiger partial charge is 0.377 e. The average molecular weight is 297 g/mol. The van der Waals surface area contributed by atoms with Crippen molar-refractivity contribution in [3.05, 3.63) is 29.8 Å². The van der Waals surface area contributed by atoms with Crippen molar-refractivity contribution in [1.29, 1.82) is 0 Å². The van der Waals surface area contributed by atoms with Gasteiger partial charge in [-0.1, -0.05) is 12.1 Å². The fourth-order valence-corrected chi connectivity index (χ4v) is 3.53. The molecular formula is C14H19NO4S. The van der Waals surface area contributed by atoms with Crippen LogP contribution in [-0.2, 0) is 14.8 Å². The lowest BCUT2D eigenvalue weighted by molar-refractivity contribution is 0.0902. The second-order valence-electron chi connectivity index (χ2n) is 5.04. The van der Waals surface area contributed by atoms with Crippen LogP contribution >= 0.6 is 0 Å². The number of Topliss-reactive ketones (excluding diaryl/α,β-unsaturated/α-hetero) is 1. The maximum Gasteiger partial charge on any atom is 0.240 e. The van der Waals surface area contributed by atoms with Crippen molar-refractivity contribution >= 4 is 15.8 Å². The Kier molecular flexibility index (Phi) is 4.57. The van der Waals surface area contributed by atoms with Crippen molar-refractivity contribution in [3.8, 4) is 0 Å². The highest BCUT2D eigenvalue weighted by atomic mass is 32.2. The standard InChI is InChI=1S/C14H19NO4S/c1-10(14-4-3-9-19-14)15-20(17,18)13-7-5-12(6-8-13)11(2)16/h5-8,10,14-15H,3-4,9H2,1-2H3/t10-,14+/m1/s1. The van der Waals surface area contributed by atoms with Gasteiger partial charge in [-0.3, -0.25) is 4.79 Å². The molecule has 0 aliphatic carbocycles. The van der Waals surface area contributed by atoms with Gasteiger partial charge in [-0.25, -0.2) is 13.1 Å². The van der Waals surface area contributed by atoms with Gasteiger partial charge in [0.15, 0.2) is 5.78 Å². The fourth-order valence-electron chi connectivity index (χ4n) is 2.25. The molecule has 1 aromatic rings. The van der Waals surface area contributed by atoms with Gasteiger partial charge in [0.1, 0.15) is 0 Å². The van der Waals surface area contributed by atoms with Crippen molar-refractivity contribution in [1.82, 2.24) is 4.72 Å². The molecule has 6 heteroatoms. The van der Waals surface area contributed by atoms with Crippen LogP contribution in [0.4, 0.5) is 0 Å². The number of hydrogen-bond acceptors (Lipinski definition) is 4. The summed E-state index contributed by atoms with van der Waals surface area (Å²) in [7, 11) is -3.58. The van der Waals surface area contributed by atoms with E-state index in [1.807, 2.05) is 0 Å². The second-order valence-corrected chi connectivity index (χ2v) is 6.76. The van der Waals surface area contributed by atoms with Crippen LogP contribution in [0.5, 0.6) is 0 Å². The lowest BCUT2D eigenvalue weighted by Gasteiger charge is -2.20. The Morgan fingerprint density at radius 3 is 2.50 bits per heavy atom. The molecule has 0 spiro atoms. The highest BCUT2D eigenvalue weighted by Gasteiger charge is 2.26. The van der Waals surface area contributed by atoms with Crippen LogP contribution in [0.15, 0.2) is 29.2 Å². The first-order valence-corrected chi connectivity index (χ1v) is 8.13. The van der Waals surface area contributed by atoms with E-state index >= 15 is 0 Å². The Hall–Kier alpha value is -1.24. The summed E-state index contributed by atoms with van der Waals surface area (Å²) in [6, 6.07) is 5.67. The SMILES string of the molecule is CC(=O)c1ccc(S(=O)(=O)N[C@H](C)[C@@H]2CCCO2)cc1. The Balaban J connectivity index is 2.11. The molecule has 0 amide bonds. The maximum absolute atomic E-state index is 12.2. The van der Waals surface area contributed by atoms with Crippen LogP contribution < -0.4 is 4.72 Å². The van der Waals surface area contributed by atoms with Crippen LogP contribution in [-0.4, -0.2) is 33.0 Å². The molecular weight excluding hydrogens is 278 g/mol. The molecule has 1 aromatic carbocycles. The Bertz CT molecular complexity index is 574. The number of benzene rings is 1. The van der Waals surface area contributed by atoms with E-state index in [-0.39, 0.29) is 22.8 Å². The summed E-state index contributed by atoms with van der Waals surface area (Å²) in [5.41, 5.74) is 0.496. The highest BCUT2D eigenvalue weighted by molar-refractivity contribution is 7.89. The minimum absolute atomic E-state index is 0.0683. The molecule has 1 aliphatic heterocycles. The molecule has 1 saturated heterocycles. The molecule has 2 atom stereocenters. The van der Waals surface area contributed by atoms with Crippen LogP contribution in [0.3, 0.4) is 0 Å². The minimum Gasteiger partial charge on any atom is -0.377 e. The van der Waals surface area contributed by atoms with Crippen molar-refractivity contribution in [2.45, 2.75) is 43.7 Å². The van der Waals surface area contributed by atoms with E-state index in [1.54, 1.807) is 6.92 Å². The Labute approximate surface area is 119 Å². The number of ether oxygens (including phenoxy) is 1. The van der Waals surface area contributed by atoms with Gasteiger partial charge in [-0.15, -0.1) is 0 Å². The van der Waals surface area contributed by atoms with Crippen molar-refractivity contribution in [2.75, 3.05) is 6.61 Å². The summed E-state index contributed by atoms with van der Waals surface area (Å²) in [5, 5.41) is 0. The smallest absolute Gasteiger partial charge is 0.240 e. The summed E-state index contributed by atoms with van der Waals surface area (Å²) < 4.78 is 32.6. The van der Waals surface area contributed by atoms with E-state index in [2.05, 4.69) is 4.72 Å². The molecule has 110 valence electrons. The third-order valence-corrected chi connectivity index (χ3v) is 5.01. The van der Waals surface area contributed by atoms with Gasteiger partial charge >= 0.3 is 0 Å². The molecule has 2 rings (SSSR count). The van der Waals surface area contributed by atoms with Gasteiger partial charge in [0.25, 0.3) is 0 Å². The summed E-state index contributed by atoms with van der Waals surface area (Å²) in [5.74, 6) is -0.0883. The minimum atomic E-state index is -3.58. The zero-order chi connectivity index (χ0) is 14.8. The maximum atomic E-state index is 12.2. The Morgan fingerprint density at radius 1 is 1.35 bits per heavy atom. The highest BCUT2D eigenvalue weighted by Crippen LogP contribution is 2.18. The number of rotatable bonds is 5. The zero-order valence-corrected chi connectivity index (χ0v) is 12.4. The van der Waals surface area contributed by atoms with Gasteiger partial charge in [0.2, 0.25) is 10.0 Å². The van der Waals surface area contributed by atoms with Crippen LogP contribution in [0.2, 0.25) is 0 Å². The van der Waals surface area contributed by atoms with E-state index in [9.17, 15) is 13.2 Å². The molecule has 0 aromatic heterocycles. The molecule has 5 nitrogen and oxygen atoms in total. The van der Waals surface area contributed by atoms with Crippen molar-refractivity contribution in [3.63, 3.8) is 0 Å². The second kappa shape index (κ2) is 6.03.